The van der Waals surface area contributed by atoms with Crippen LogP contribution in [0.4, 0.5) is 5.69 Å². The number of benzene rings is 1. The molecule has 0 saturated heterocycles. The highest BCUT2D eigenvalue weighted by Crippen LogP contribution is 2.26. The molecule has 1 rings (SSSR count). The van der Waals surface area contributed by atoms with Gasteiger partial charge < -0.3 is 10.1 Å². The number of alkyl halides is 1. The molecule has 0 aromatic heterocycles. The Hall–Kier alpha value is -1.22. The van der Waals surface area contributed by atoms with Crippen LogP contribution in [-0.2, 0) is 11.2 Å². The van der Waals surface area contributed by atoms with Gasteiger partial charge in [-0.15, -0.1) is 11.6 Å². The van der Waals surface area contributed by atoms with Crippen LogP contribution in [0.15, 0.2) is 18.2 Å². The highest BCUT2D eigenvalue weighted by Gasteiger charge is 2.08. The molecule has 0 aliphatic rings. The van der Waals surface area contributed by atoms with Gasteiger partial charge in [-0.3, -0.25) is 4.79 Å². The van der Waals surface area contributed by atoms with Gasteiger partial charge in [-0.2, -0.15) is 0 Å². The summed E-state index contributed by atoms with van der Waals surface area (Å²) in [6.45, 7) is 4.47. The molecule has 0 radical (unpaired) electrons. The van der Waals surface area contributed by atoms with E-state index in [-0.39, 0.29) is 5.91 Å². The maximum atomic E-state index is 11.6. The Labute approximate surface area is 113 Å². The zero-order valence-corrected chi connectivity index (χ0v) is 11.7. The Bertz CT molecular complexity index is 393. The molecule has 0 heterocycles. The molecule has 0 aliphatic heterocycles. The maximum absolute atomic E-state index is 11.6. The Kier molecular flexibility index (Phi) is 6.58. The normalized spacial score (nSPS) is 10.2. The summed E-state index contributed by atoms with van der Waals surface area (Å²) in [7, 11) is 0. The zero-order valence-electron chi connectivity index (χ0n) is 11.0. The molecule has 1 aromatic carbocycles. The number of ether oxygens (including phenoxy) is 1. The average molecular weight is 270 g/mol. The average Bonchev–Trinajstić information content (AvgIpc) is 2.33. The molecule has 4 heteroatoms. The van der Waals surface area contributed by atoms with Crippen LogP contribution in [-0.4, -0.2) is 18.4 Å². The lowest BCUT2D eigenvalue weighted by atomic mass is 10.1. The van der Waals surface area contributed by atoms with Gasteiger partial charge in [-0.1, -0.05) is 13.0 Å². The predicted octanol–water partition coefficient (Wildman–Crippen LogP) is 3.61. The molecular formula is C14H20ClNO2. The monoisotopic (exact) mass is 269 g/mol. The second-order valence-corrected chi connectivity index (χ2v) is 4.38. The summed E-state index contributed by atoms with van der Waals surface area (Å²) >= 11 is 5.72. The minimum absolute atomic E-state index is 0.0172. The second kappa shape index (κ2) is 7.98. The van der Waals surface area contributed by atoms with E-state index >= 15 is 0 Å². The topological polar surface area (TPSA) is 38.3 Å². The quantitative estimate of drug-likeness (QED) is 0.768. The maximum Gasteiger partial charge on any atom is 0.224 e. The Morgan fingerprint density at radius 2 is 2.17 bits per heavy atom. The molecule has 0 fully saturated rings. The standard InChI is InChI=1S/C14H20ClNO2/c1-3-5-14(17)16-12-7-6-11(8-9-15)10-13(12)18-4-2/h6-7,10H,3-5,8-9H2,1-2H3,(H,16,17). The van der Waals surface area contributed by atoms with Crippen molar-refractivity contribution in [1.82, 2.24) is 0 Å². The van der Waals surface area contributed by atoms with Crippen LogP contribution in [0, 0.1) is 0 Å². The summed E-state index contributed by atoms with van der Waals surface area (Å²) in [6.07, 6.45) is 2.15. The Morgan fingerprint density at radius 3 is 2.78 bits per heavy atom. The first-order valence-corrected chi connectivity index (χ1v) is 6.86. The number of nitrogens with one attached hydrogen (secondary N) is 1. The van der Waals surface area contributed by atoms with Crippen LogP contribution in [0.3, 0.4) is 0 Å². The minimum Gasteiger partial charge on any atom is -0.492 e. The number of halogens is 1. The van der Waals surface area contributed by atoms with Crippen molar-refractivity contribution >= 4 is 23.2 Å². The lowest BCUT2D eigenvalue weighted by Crippen LogP contribution is -2.12. The first-order chi connectivity index (χ1) is 8.71. The highest BCUT2D eigenvalue weighted by molar-refractivity contribution is 6.18. The summed E-state index contributed by atoms with van der Waals surface area (Å²) in [5.74, 6) is 1.31. The fraction of sp³-hybridized carbons (Fsp3) is 0.500. The fourth-order valence-electron chi connectivity index (χ4n) is 1.65. The fourth-order valence-corrected chi connectivity index (χ4v) is 1.87. The summed E-state index contributed by atoms with van der Waals surface area (Å²) in [5, 5.41) is 2.87. The smallest absolute Gasteiger partial charge is 0.224 e. The van der Waals surface area contributed by atoms with Gasteiger partial charge in [0.15, 0.2) is 0 Å². The first kappa shape index (κ1) is 14.8. The van der Waals surface area contributed by atoms with E-state index in [1.165, 1.54) is 0 Å². The van der Waals surface area contributed by atoms with E-state index in [9.17, 15) is 4.79 Å². The van der Waals surface area contributed by atoms with Gasteiger partial charge in [0.05, 0.1) is 12.3 Å². The van der Waals surface area contributed by atoms with Crippen LogP contribution >= 0.6 is 11.6 Å². The number of hydrogen-bond donors (Lipinski definition) is 1. The summed E-state index contributed by atoms with van der Waals surface area (Å²) in [5.41, 5.74) is 1.84. The van der Waals surface area contributed by atoms with Crippen LogP contribution < -0.4 is 10.1 Å². The van der Waals surface area contributed by atoms with Crippen LogP contribution in [0.25, 0.3) is 0 Å². The molecule has 0 saturated carbocycles. The molecule has 0 atom stereocenters. The van der Waals surface area contributed by atoms with Gasteiger partial charge in [0.2, 0.25) is 5.91 Å². The molecule has 18 heavy (non-hydrogen) atoms. The molecule has 0 spiro atoms. The van der Waals surface area contributed by atoms with Crippen LogP contribution in [0.5, 0.6) is 5.75 Å². The molecule has 1 amide bonds. The van der Waals surface area contributed by atoms with Crippen LogP contribution in [0.1, 0.15) is 32.3 Å². The van der Waals surface area contributed by atoms with Crippen molar-refractivity contribution in [3.63, 3.8) is 0 Å². The molecule has 0 unspecified atom stereocenters. The minimum atomic E-state index is 0.0172. The number of aryl methyl sites for hydroxylation is 1. The van der Waals surface area contributed by atoms with Gasteiger partial charge in [0, 0.05) is 12.3 Å². The van der Waals surface area contributed by atoms with Gasteiger partial charge >= 0.3 is 0 Å². The molecule has 100 valence electrons. The number of hydrogen-bond acceptors (Lipinski definition) is 2. The van der Waals surface area contributed by atoms with Crippen molar-refractivity contribution in [3.05, 3.63) is 23.8 Å². The van der Waals surface area contributed by atoms with E-state index in [0.29, 0.717) is 24.7 Å². The zero-order chi connectivity index (χ0) is 13.4. The van der Waals surface area contributed by atoms with E-state index in [1.807, 2.05) is 32.0 Å². The van der Waals surface area contributed by atoms with E-state index in [0.717, 1.165) is 24.1 Å². The number of anilines is 1. The third-order valence-electron chi connectivity index (χ3n) is 2.48. The molecule has 0 aliphatic carbocycles. The number of carbonyl (C=O) groups is 1. The van der Waals surface area contributed by atoms with Crippen LogP contribution in [0.2, 0.25) is 0 Å². The molecule has 1 aromatic rings. The van der Waals surface area contributed by atoms with Crippen molar-refractivity contribution < 1.29 is 9.53 Å². The lowest BCUT2D eigenvalue weighted by Gasteiger charge is -2.12. The van der Waals surface area contributed by atoms with Gasteiger partial charge in [-0.05, 0) is 37.5 Å². The second-order valence-electron chi connectivity index (χ2n) is 4.00. The van der Waals surface area contributed by atoms with E-state index < -0.39 is 0 Å². The first-order valence-electron chi connectivity index (χ1n) is 6.32. The molecule has 3 nitrogen and oxygen atoms in total. The highest BCUT2D eigenvalue weighted by atomic mass is 35.5. The van der Waals surface area contributed by atoms with E-state index in [4.69, 9.17) is 16.3 Å². The number of rotatable bonds is 7. The predicted molar refractivity (Wildman–Crippen MR) is 75.6 cm³/mol. The molecule has 1 N–H and O–H groups in total. The lowest BCUT2D eigenvalue weighted by molar-refractivity contribution is -0.116. The van der Waals surface area contributed by atoms with Gasteiger partial charge in [0.25, 0.3) is 0 Å². The van der Waals surface area contributed by atoms with Crippen molar-refractivity contribution in [2.45, 2.75) is 33.1 Å². The van der Waals surface area contributed by atoms with Gasteiger partial charge in [-0.25, -0.2) is 0 Å². The van der Waals surface area contributed by atoms with Crippen molar-refractivity contribution in [2.75, 3.05) is 17.8 Å². The summed E-state index contributed by atoms with van der Waals surface area (Å²) in [4.78, 5) is 11.6. The third-order valence-corrected chi connectivity index (χ3v) is 2.67. The SMILES string of the molecule is CCCC(=O)Nc1ccc(CCCl)cc1OCC. The largest absolute Gasteiger partial charge is 0.492 e. The number of amides is 1. The molecular weight excluding hydrogens is 250 g/mol. The Balaban J connectivity index is 2.85. The van der Waals surface area contributed by atoms with Crippen molar-refractivity contribution in [1.29, 1.82) is 0 Å². The molecule has 0 bridgehead atoms. The number of carbonyl (C=O) groups excluding carboxylic acids is 1. The van der Waals surface area contributed by atoms with Crippen molar-refractivity contribution in [2.24, 2.45) is 0 Å². The third kappa shape index (κ3) is 4.57. The van der Waals surface area contributed by atoms with Gasteiger partial charge in [0.1, 0.15) is 5.75 Å². The van der Waals surface area contributed by atoms with Crippen molar-refractivity contribution in [3.8, 4) is 5.75 Å². The van der Waals surface area contributed by atoms with E-state index in [1.54, 1.807) is 0 Å². The summed E-state index contributed by atoms with van der Waals surface area (Å²) < 4.78 is 5.55. The Morgan fingerprint density at radius 1 is 1.39 bits per heavy atom. The van der Waals surface area contributed by atoms with E-state index in [2.05, 4.69) is 5.32 Å². The summed E-state index contributed by atoms with van der Waals surface area (Å²) in [6, 6.07) is 5.78.